The number of hydrogen-bond donors (Lipinski definition) is 2. The molecule has 2 N–H and O–H groups in total. The number of hydrogen-bond acceptors (Lipinski definition) is 6. The molecule has 25 heavy (non-hydrogen) atoms. The number of aromatic nitrogens is 2. The van der Waals surface area contributed by atoms with E-state index in [4.69, 9.17) is 9.47 Å². The third-order valence-electron chi connectivity index (χ3n) is 3.58. The normalized spacial score (nSPS) is 12.1. The Labute approximate surface area is 153 Å². The van der Waals surface area contributed by atoms with Crippen LogP contribution in [0.15, 0.2) is 53.0 Å². The quantitative estimate of drug-likeness (QED) is 0.659. The van der Waals surface area contributed by atoms with E-state index >= 15 is 0 Å². The van der Waals surface area contributed by atoms with Crippen LogP contribution in [-0.2, 0) is 0 Å². The Bertz CT molecular complexity index is 933. The maximum absolute atomic E-state index is 5.40. The molecule has 0 atom stereocenters. The van der Waals surface area contributed by atoms with E-state index in [0.717, 1.165) is 33.0 Å². The Kier molecular flexibility index (Phi) is 4.15. The van der Waals surface area contributed by atoms with Gasteiger partial charge in [-0.1, -0.05) is 22.0 Å². The first kappa shape index (κ1) is 15.7. The molecule has 6 nitrogen and oxygen atoms in total. The molecule has 1 aliphatic rings. The van der Waals surface area contributed by atoms with Gasteiger partial charge < -0.3 is 20.1 Å². The van der Waals surface area contributed by atoms with Gasteiger partial charge in [0.15, 0.2) is 11.5 Å². The van der Waals surface area contributed by atoms with Gasteiger partial charge in [0.05, 0.1) is 0 Å². The average molecular weight is 399 g/mol. The van der Waals surface area contributed by atoms with E-state index in [1.165, 1.54) is 0 Å². The lowest BCUT2D eigenvalue weighted by Crippen LogP contribution is -2.02. The van der Waals surface area contributed by atoms with E-state index in [1.54, 1.807) is 0 Å². The Morgan fingerprint density at radius 2 is 1.76 bits per heavy atom. The van der Waals surface area contributed by atoms with Gasteiger partial charge in [0.25, 0.3) is 0 Å². The minimum atomic E-state index is 0.256. The van der Waals surface area contributed by atoms with E-state index in [0.29, 0.717) is 11.8 Å². The van der Waals surface area contributed by atoms with Crippen molar-refractivity contribution in [3.8, 4) is 11.5 Å². The zero-order valence-corrected chi connectivity index (χ0v) is 15.0. The van der Waals surface area contributed by atoms with Gasteiger partial charge >= 0.3 is 0 Å². The van der Waals surface area contributed by atoms with E-state index < -0.39 is 0 Å². The van der Waals surface area contributed by atoms with Crippen LogP contribution in [0.25, 0.3) is 0 Å². The maximum Gasteiger partial charge on any atom is 0.231 e. The predicted molar refractivity (Wildman–Crippen MR) is 100 cm³/mol. The second-order valence-corrected chi connectivity index (χ2v) is 6.46. The highest BCUT2D eigenvalue weighted by molar-refractivity contribution is 9.10. The lowest BCUT2D eigenvalue weighted by atomic mass is 10.2. The average Bonchev–Trinajstić information content (AvgIpc) is 3.02. The summed E-state index contributed by atoms with van der Waals surface area (Å²) in [6.45, 7) is 2.19. The summed E-state index contributed by atoms with van der Waals surface area (Å²) in [6, 6.07) is 15.4. The molecule has 0 spiro atoms. The van der Waals surface area contributed by atoms with Crippen molar-refractivity contribution in [1.29, 1.82) is 0 Å². The molecule has 126 valence electrons. The molecule has 0 amide bonds. The molecular formula is C18H15BrN4O2. The molecule has 2 heterocycles. The molecule has 0 fully saturated rings. The first-order valence-corrected chi connectivity index (χ1v) is 8.50. The predicted octanol–water partition coefficient (Wildman–Crippen LogP) is 4.76. The molecule has 3 aromatic rings. The van der Waals surface area contributed by atoms with Crippen molar-refractivity contribution in [3.63, 3.8) is 0 Å². The Morgan fingerprint density at radius 3 is 2.64 bits per heavy atom. The van der Waals surface area contributed by atoms with Crippen molar-refractivity contribution in [3.05, 3.63) is 58.7 Å². The Balaban J connectivity index is 1.57. The van der Waals surface area contributed by atoms with Gasteiger partial charge in [-0.05, 0) is 37.3 Å². The van der Waals surface area contributed by atoms with Crippen LogP contribution in [0.2, 0.25) is 0 Å². The number of nitrogens with one attached hydrogen (secondary N) is 2. The van der Waals surface area contributed by atoms with Crippen molar-refractivity contribution >= 4 is 39.1 Å². The monoisotopic (exact) mass is 398 g/mol. The summed E-state index contributed by atoms with van der Waals surface area (Å²) in [7, 11) is 0. The molecule has 7 heteroatoms. The lowest BCUT2D eigenvalue weighted by Gasteiger charge is -2.10. The van der Waals surface area contributed by atoms with Crippen LogP contribution in [-0.4, -0.2) is 16.8 Å². The Morgan fingerprint density at radius 1 is 0.920 bits per heavy atom. The minimum absolute atomic E-state index is 0.256. The second kappa shape index (κ2) is 6.60. The molecule has 0 bridgehead atoms. The van der Waals surface area contributed by atoms with Crippen LogP contribution >= 0.6 is 15.9 Å². The third-order valence-corrected chi connectivity index (χ3v) is 4.07. The molecular weight excluding hydrogens is 384 g/mol. The lowest BCUT2D eigenvalue weighted by molar-refractivity contribution is 0.174. The summed E-state index contributed by atoms with van der Waals surface area (Å²) in [5.74, 6) is 2.70. The molecule has 0 unspecified atom stereocenters. The van der Waals surface area contributed by atoms with E-state index in [-0.39, 0.29) is 6.79 Å². The first-order chi connectivity index (χ1) is 12.2. The van der Waals surface area contributed by atoms with E-state index in [1.807, 2.05) is 55.5 Å². The fourth-order valence-corrected chi connectivity index (χ4v) is 2.91. The highest BCUT2D eigenvalue weighted by Gasteiger charge is 2.13. The number of ether oxygens (including phenoxy) is 2. The molecule has 0 aliphatic carbocycles. The zero-order valence-electron chi connectivity index (χ0n) is 13.4. The van der Waals surface area contributed by atoms with Crippen LogP contribution in [0.5, 0.6) is 11.5 Å². The summed E-state index contributed by atoms with van der Waals surface area (Å²) in [6.07, 6.45) is 0. The fraction of sp³-hybridized carbons (Fsp3) is 0.111. The fourth-order valence-electron chi connectivity index (χ4n) is 2.51. The summed E-state index contributed by atoms with van der Waals surface area (Å²) in [5, 5.41) is 6.49. The van der Waals surface area contributed by atoms with Gasteiger partial charge in [0.1, 0.15) is 5.82 Å². The molecule has 1 aliphatic heterocycles. The van der Waals surface area contributed by atoms with Crippen LogP contribution in [0.4, 0.5) is 23.1 Å². The molecule has 0 saturated heterocycles. The highest BCUT2D eigenvalue weighted by Crippen LogP contribution is 2.35. The van der Waals surface area contributed by atoms with Gasteiger partial charge in [-0.25, -0.2) is 4.98 Å². The molecule has 0 saturated carbocycles. The van der Waals surface area contributed by atoms with Gasteiger partial charge in [0.2, 0.25) is 12.7 Å². The van der Waals surface area contributed by atoms with Gasteiger partial charge in [0, 0.05) is 33.7 Å². The van der Waals surface area contributed by atoms with Crippen LogP contribution in [0.1, 0.15) is 5.69 Å². The number of aryl methyl sites for hydroxylation is 1. The van der Waals surface area contributed by atoms with Gasteiger partial charge in [-0.3, -0.25) is 0 Å². The summed E-state index contributed by atoms with van der Waals surface area (Å²) >= 11 is 3.46. The first-order valence-electron chi connectivity index (χ1n) is 7.71. The SMILES string of the molecule is Cc1cc(Nc2ccc3c(c2)OCO3)nc(Nc2cccc(Br)c2)n1. The minimum Gasteiger partial charge on any atom is -0.454 e. The number of nitrogens with zero attached hydrogens (tertiary/aromatic N) is 2. The van der Waals surface area contributed by atoms with Crippen molar-refractivity contribution in [2.75, 3.05) is 17.4 Å². The summed E-state index contributed by atoms with van der Waals surface area (Å²) in [5.41, 5.74) is 2.64. The number of anilines is 4. The topological polar surface area (TPSA) is 68.3 Å². The standard InChI is InChI=1S/C18H15BrN4O2/c1-11-7-17(21-14-5-6-15-16(9-14)25-10-24-15)23-18(20-11)22-13-4-2-3-12(19)8-13/h2-9H,10H2,1H3,(H2,20,21,22,23). The summed E-state index contributed by atoms with van der Waals surface area (Å²) < 4.78 is 11.7. The van der Waals surface area contributed by atoms with Gasteiger partial charge in [-0.15, -0.1) is 0 Å². The number of halogens is 1. The van der Waals surface area contributed by atoms with Crippen molar-refractivity contribution in [2.24, 2.45) is 0 Å². The highest BCUT2D eigenvalue weighted by atomic mass is 79.9. The van der Waals surface area contributed by atoms with Gasteiger partial charge in [-0.2, -0.15) is 4.98 Å². The van der Waals surface area contributed by atoms with E-state index in [9.17, 15) is 0 Å². The van der Waals surface area contributed by atoms with Crippen molar-refractivity contribution < 1.29 is 9.47 Å². The summed E-state index contributed by atoms with van der Waals surface area (Å²) in [4.78, 5) is 8.96. The zero-order chi connectivity index (χ0) is 17.2. The Hall–Kier alpha value is -2.80. The van der Waals surface area contributed by atoms with E-state index in [2.05, 4.69) is 36.5 Å². The molecule has 1 aromatic heterocycles. The largest absolute Gasteiger partial charge is 0.454 e. The number of benzene rings is 2. The van der Waals surface area contributed by atoms with Crippen LogP contribution < -0.4 is 20.1 Å². The third kappa shape index (κ3) is 3.66. The second-order valence-electron chi connectivity index (χ2n) is 5.55. The molecule has 2 aromatic carbocycles. The molecule has 4 rings (SSSR count). The number of fused-ring (bicyclic) bond motifs is 1. The van der Waals surface area contributed by atoms with Crippen molar-refractivity contribution in [1.82, 2.24) is 9.97 Å². The smallest absolute Gasteiger partial charge is 0.231 e. The number of rotatable bonds is 4. The molecule has 0 radical (unpaired) electrons. The van der Waals surface area contributed by atoms with Crippen LogP contribution in [0.3, 0.4) is 0 Å². The van der Waals surface area contributed by atoms with Crippen LogP contribution in [0, 0.1) is 6.92 Å². The maximum atomic E-state index is 5.40. The van der Waals surface area contributed by atoms with Crippen molar-refractivity contribution in [2.45, 2.75) is 6.92 Å².